The summed E-state index contributed by atoms with van der Waals surface area (Å²) in [6, 6.07) is 8.27. The molecular weight excluding hydrogens is 252 g/mol. The van der Waals surface area contributed by atoms with Crippen LogP contribution < -0.4 is 10.6 Å². The number of amides is 1. The van der Waals surface area contributed by atoms with Crippen molar-refractivity contribution in [2.24, 2.45) is 0 Å². The van der Waals surface area contributed by atoms with Crippen LogP contribution in [0.5, 0.6) is 0 Å². The number of aliphatic hydroxyl groups excluding tert-OH is 1. The number of aryl methyl sites for hydroxylation is 1. The normalized spacial score (nSPS) is 10.8. The first-order chi connectivity index (χ1) is 9.61. The zero-order valence-corrected chi connectivity index (χ0v) is 12.5. The first-order valence-electron chi connectivity index (χ1n) is 7.35. The Labute approximate surface area is 121 Å². The van der Waals surface area contributed by atoms with Crippen molar-refractivity contribution >= 4 is 11.6 Å². The molecule has 1 rings (SSSR count). The van der Waals surface area contributed by atoms with E-state index in [0.29, 0.717) is 12.5 Å². The number of benzene rings is 1. The Balaban J connectivity index is 2.33. The lowest BCUT2D eigenvalue weighted by Gasteiger charge is -2.09. The van der Waals surface area contributed by atoms with E-state index in [1.807, 2.05) is 24.3 Å². The molecule has 0 radical (unpaired) electrons. The number of hydrogen-bond acceptors (Lipinski definition) is 3. The Morgan fingerprint density at radius 1 is 1.30 bits per heavy atom. The Morgan fingerprint density at radius 3 is 2.80 bits per heavy atom. The summed E-state index contributed by atoms with van der Waals surface area (Å²) >= 11 is 0. The van der Waals surface area contributed by atoms with E-state index in [9.17, 15) is 4.79 Å². The molecule has 0 unspecified atom stereocenters. The fourth-order valence-corrected chi connectivity index (χ4v) is 1.95. The monoisotopic (exact) mass is 278 g/mol. The van der Waals surface area contributed by atoms with Crippen LogP contribution in [0.25, 0.3) is 0 Å². The highest BCUT2D eigenvalue weighted by molar-refractivity contribution is 5.90. The number of aliphatic hydroxyl groups is 1. The molecule has 1 aromatic rings. The van der Waals surface area contributed by atoms with Crippen LogP contribution in [-0.2, 0) is 11.2 Å². The molecule has 0 atom stereocenters. The van der Waals surface area contributed by atoms with E-state index < -0.39 is 0 Å². The summed E-state index contributed by atoms with van der Waals surface area (Å²) in [7, 11) is 0. The predicted octanol–water partition coefficient (Wildman–Crippen LogP) is 2.33. The Hall–Kier alpha value is -1.39. The average Bonchev–Trinajstić information content (AvgIpc) is 2.41. The van der Waals surface area contributed by atoms with Gasteiger partial charge in [0, 0.05) is 24.8 Å². The maximum atomic E-state index is 11.8. The van der Waals surface area contributed by atoms with Gasteiger partial charge < -0.3 is 15.7 Å². The second-order valence-electron chi connectivity index (χ2n) is 5.29. The van der Waals surface area contributed by atoms with E-state index in [2.05, 4.69) is 24.5 Å². The van der Waals surface area contributed by atoms with Crippen molar-refractivity contribution in [1.29, 1.82) is 0 Å². The van der Waals surface area contributed by atoms with Crippen LogP contribution in [0.3, 0.4) is 0 Å². The Kier molecular flexibility index (Phi) is 7.92. The van der Waals surface area contributed by atoms with E-state index in [4.69, 9.17) is 5.11 Å². The molecule has 0 fully saturated rings. The van der Waals surface area contributed by atoms with Crippen LogP contribution in [0.1, 0.15) is 38.7 Å². The number of carbonyl (C=O) groups is 1. The minimum Gasteiger partial charge on any atom is -0.396 e. The smallest absolute Gasteiger partial charge is 0.224 e. The van der Waals surface area contributed by atoms with Gasteiger partial charge in [0.25, 0.3) is 0 Å². The largest absolute Gasteiger partial charge is 0.396 e. The van der Waals surface area contributed by atoms with Crippen molar-refractivity contribution in [3.05, 3.63) is 29.8 Å². The molecule has 112 valence electrons. The quantitative estimate of drug-likeness (QED) is 0.608. The van der Waals surface area contributed by atoms with Gasteiger partial charge in [0.1, 0.15) is 0 Å². The van der Waals surface area contributed by atoms with E-state index in [1.54, 1.807) is 0 Å². The van der Waals surface area contributed by atoms with Gasteiger partial charge in [-0.05, 0) is 43.5 Å². The molecule has 0 bridgehead atoms. The van der Waals surface area contributed by atoms with Gasteiger partial charge in [-0.3, -0.25) is 4.79 Å². The second-order valence-corrected chi connectivity index (χ2v) is 5.29. The first-order valence-corrected chi connectivity index (χ1v) is 7.35. The minimum atomic E-state index is 0.0508. The molecule has 0 aromatic heterocycles. The molecule has 0 aliphatic rings. The third kappa shape index (κ3) is 7.26. The minimum absolute atomic E-state index is 0.0508. The van der Waals surface area contributed by atoms with Gasteiger partial charge in [0.2, 0.25) is 5.91 Å². The summed E-state index contributed by atoms with van der Waals surface area (Å²) < 4.78 is 0. The number of rotatable bonds is 9. The zero-order chi connectivity index (χ0) is 14.8. The van der Waals surface area contributed by atoms with Gasteiger partial charge in [-0.1, -0.05) is 26.0 Å². The van der Waals surface area contributed by atoms with E-state index in [1.165, 1.54) is 0 Å². The third-order valence-corrected chi connectivity index (χ3v) is 2.97. The first kappa shape index (κ1) is 16.7. The van der Waals surface area contributed by atoms with Gasteiger partial charge in [-0.25, -0.2) is 0 Å². The summed E-state index contributed by atoms with van der Waals surface area (Å²) in [5.74, 6) is 0.0508. The molecule has 0 aliphatic carbocycles. The summed E-state index contributed by atoms with van der Waals surface area (Å²) in [4.78, 5) is 11.8. The van der Waals surface area contributed by atoms with Gasteiger partial charge in [-0.15, -0.1) is 0 Å². The summed E-state index contributed by atoms with van der Waals surface area (Å²) in [6.45, 7) is 5.25. The van der Waals surface area contributed by atoms with E-state index in [0.717, 1.165) is 37.1 Å². The lowest BCUT2D eigenvalue weighted by atomic mass is 10.1. The molecule has 0 aliphatic heterocycles. The number of anilines is 1. The van der Waals surface area contributed by atoms with Crippen molar-refractivity contribution in [1.82, 2.24) is 5.32 Å². The van der Waals surface area contributed by atoms with Crippen molar-refractivity contribution in [2.75, 3.05) is 18.5 Å². The molecule has 4 heteroatoms. The number of hydrogen-bond donors (Lipinski definition) is 3. The molecule has 1 amide bonds. The molecular formula is C16H26N2O2. The number of nitrogens with one attached hydrogen (secondary N) is 2. The molecule has 0 heterocycles. The molecule has 4 nitrogen and oxygen atoms in total. The van der Waals surface area contributed by atoms with Crippen LogP contribution in [0.15, 0.2) is 24.3 Å². The fourth-order valence-electron chi connectivity index (χ4n) is 1.95. The van der Waals surface area contributed by atoms with Gasteiger partial charge in [-0.2, -0.15) is 0 Å². The van der Waals surface area contributed by atoms with E-state index in [-0.39, 0.29) is 12.5 Å². The average molecular weight is 278 g/mol. The van der Waals surface area contributed by atoms with Crippen LogP contribution in [0.4, 0.5) is 5.69 Å². The van der Waals surface area contributed by atoms with Crippen molar-refractivity contribution in [3.8, 4) is 0 Å². The second kappa shape index (κ2) is 9.50. The highest BCUT2D eigenvalue weighted by atomic mass is 16.2. The van der Waals surface area contributed by atoms with Crippen LogP contribution >= 0.6 is 0 Å². The number of carbonyl (C=O) groups excluding carboxylic acids is 1. The Bertz CT molecular complexity index is 405. The zero-order valence-electron chi connectivity index (χ0n) is 12.5. The third-order valence-electron chi connectivity index (χ3n) is 2.97. The highest BCUT2D eigenvalue weighted by Gasteiger charge is 2.03. The van der Waals surface area contributed by atoms with Crippen molar-refractivity contribution in [2.45, 2.75) is 45.6 Å². The van der Waals surface area contributed by atoms with Crippen LogP contribution in [0, 0.1) is 0 Å². The molecule has 0 saturated heterocycles. The standard InChI is InChI=1S/C16H26N2O2/c1-13(2)17-10-4-9-16(20)18-15-8-3-6-14(12-15)7-5-11-19/h3,6,8,12-13,17,19H,4-5,7,9-11H2,1-2H3,(H,18,20). The van der Waals surface area contributed by atoms with Crippen LogP contribution in [0.2, 0.25) is 0 Å². The lowest BCUT2D eigenvalue weighted by molar-refractivity contribution is -0.116. The SMILES string of the molecule is CC(C)NCCCC(=O)Nc1cccc(CCCO)c1. The lowest BCUT2D eigenvalue weighted by Crippen LogP contribution is -2.24. The van der Waals surface area contributed by atoms with E-state index >= 15 is 0 Å². The summed E-state index contributed by atoms with van der Waals surface area (Å²) in [5, 5.41) is 15.0. The molecule has 0 saturated carbocycles. The summed E-state index contributed by atoms with van der Waals surface area (Å²) in [5.41, 5.74) is 1.97. The Morgan fingerprint density at radius 2 is 2.10 bits per heavy atom. The fraction of sp³-hybridized carbons (Fsp3) is 0.562. The van der Waals surface area contributed by atoms with Crippen molar-refractivity contribution < 1.29 is 9.90 Å². The van der Waals surface area contributed by atoms with Gasteiger partial charge in [0.05, 0.1) is 0 Å². The van der Waals surface area contributed by atoms with Gasteiger partial charge in [0.15, 0.2) is 0 Å². The predicted molar refractivity (Wildman–Crippen MR) is 82.9 cm³/mol. The molecule has 1 aromatic carbocycles. The molecule has 3 N–H and O–H groups in total. The van der Waals surface area contributed by atoms with Crippen LogP contribution in [-0.4, -0.2) is 30.2 Å². The highest BCUT2D eigenvalue weighted by Crippen LogP contribution is 2.12. The maximum absolute atomic E-state index is 11.8. The van der Waals surface area contributed by atoms with Gasteiger partial charge >= 0.3 is 0 Å². The summed E-state index contributed by atoms with van der Waals surface area (Å²) in [6.07, 6.45) is 2.95. The maximum Gasteiger partial charge on any atom is 0.224 e. The topological polar surface area (TPSA) is 61.4 Å². The van der Waals surface area contributed by atoms with Crippen molar-refractivity contribution in [3.63, 3.8) is 0 Å². The molecule has 0 spiro atoms. The molecule has 20 heavy (non-hydrogen) atoms.